The maximum absolute atomic E-state index is 11.9. The van der Waals surface area contributed by atoms with Gasteiger partial charge in [-0.25, -0.2) is 4.79 Å². The second-order valence-electron chi connectivity index (χ2n) is 3.72. The van der Waals surface area contributed by atoms with E-state index in [0.29, 0.717) is 0 Å². The molecule has 3 N–H and O–H groups in total. The molecule has 0 saturated carbocycles. The zero-order chi connectivity index (χ0) is 14.2. The highest BCUT2D eigenvalue weighted by atomic mass is 16.5. The van der Waals surface area contributed by atoms with Crippen molar-refractivity contribution in [2.24, 2.45) is 0 Å². The number of aromatic hydroxyl groups is 1. The third-order valence-corrected chi connectivity index (χ3v) is 2.57. The molecule has 1 aromatic heterocycles. The summed E-state index contributed by atoms with van der Waals surface area (Å²) in [6.45, 7) is 0. The van der Waals surface area contributed by atoms with Gasteiger partial charge in [0, 0.05) is 6.07 Å². The molecular weight excluding hydrogens is 254 g/mol. The number of methoxy groups -OCH3 is 1. The molecule has 0 bridgehead atoms. The van der Waals surface area contributed by atoms with Gasteiger partial charge in [0.25, 0.3) is 0 Å². The molecule has 0 aliphatic heterocycles. The van der Waals surface area contributed by atoms with Crippen molar-refractivity contribution in [3.8, 4) is 11.5 Å². The van der Waals surface area contributed by atoms with Gasteiger partial charge in [-0.1, -0.05) is 0 Å². The highest BCUT2D eigenvalue weighted by Crippen LogP contribution is 2.26. The Kier molecular flexibility index (Phi) is 2.95. The van der Waals surface area contributed by atoms with Crippen molar-refractivity contribution >= 4 is 16.9 Å². The van der Waals surface area contributed by atoms with E-state index in [4.69, 9.17) is 9.84 Å². The highest BCUT2D eigenvalue weighted by molar-refractivity contribution is 5.92. The molecule has 19 heavy (non-hydrogen) atoms. The van der Waals surface area contributed by atoms with Crippen molar-refractivity contribution in [1.29, 1.82) is 0 Å². The van der Waals surface area contributed by atoms with Crippen LogP contribution in [0.4, 0.5) is 0 Å². The van der Waals surface area contributed by atoms with Gasteiger partial charge in [-0.3, -0.25) is 9.59 Å². The van der Waals surface area contributed by atoms with Crippen molar-refractivity contribution in [2.75, 3.05) is 7.11 Å². The van der Waals surface area contributed by atoms with Crippen molar-refractivity contribution in [3.05, 3.63) is 44.3 Å². The highest BCUT2D eigenvalue weighted by Gasteiger charge is 2.15. The summed E-state index contributed by atoms with van der Waals surface area (Å²) in [4.78, 5) is 36.7. The molecule has 2 rings (SSSR count). The number of H-pyrrole nitrogens is 1. The molecule has 0 amide bonds. The summed E-state index contributed by atoms with van der Waals surface area (Å²) in [6.07, 6.45) is 0. The first-order valence-electron chi connectivity index (χ1n) is 5.16. The van der Waals surface area contributed by atoms with E-state index in [1.807, 2.05) is 0 Å². The summed E-state index contributed by atoms with van der Waals surface area (Å²) in [5.74, 6) is -2.30. The van der Waals surface area contributed by atoms with Crippen LogP contribution in [0.3, 0.4) is 0 Å². The summed E-state index contributed by atoms with van der Waals surface area (Å²) >= 11 is 0. The van der Waals surface area contributed by atoms with Gasteiger partial charge in [0.15, 0.2) is 11.2 Å². The van der Waals surface area contributed by atoms with E-state index in [1.54, 1.807) is 0 Å². The van der Waals surface area contributed by atoms with Crippen molar-refractivity contribution < 1.29 is 19.7 Å². The van der Waals surface area contributed by atoms with E-state index in [2.05, 4.69) is 4.98 Å². The van der Waals surface area contributed by atoms with Gasteiger partial charge in [-0.15, -0.1) is 0 Å². The smallest absolute Gasteiger partial charge is 0.352 e. The predicted molar refractivity (Wildman–Crippen MR) is 66.0 cm³/mol. The largest absolute Gasteiger partial charge is 0.502 e. The lowest BCUT2D eigenvalue weighted by atomic mass is 10.2. The average Bonchev–Trinajstić information content (AvgIpc) is 2.49. The minimum Gasteiger partial charge on any atom is -0.502 e. The van der Waals surface area contributed by atoms with Gasteiger partial charge in [0.1, 0.15) is 5.69 Å². The van der Waals surface area contributed by atoms with Crippen LogP contribution in [0.25, 0.3) is 10.9 Å². The maximum Gasteiger partial charge on any atom is 0.352 e. The fourth-order valence-electron chi connectivity index (χ4n) is 1.72. The second-order valence-corrected chi connectivity index (χ2v) is 3.72. The number of aromatic amines is 1. The Morgan fingerprint density at radius 2 is 1.95 bits per heavy atom. The Balaban J connectivity index is 3.08. The molecule has 0 saturated heterocycles. The van der Waals surface area contributed by atoms with Gasteiger partial charge in [0.2, 0.25) is 11.2 Å². The van der Waals surface area contributed by atoms with E-state index >= 15 is 0 Å². The van der Waals surface area contributed by atoms with Crippen LogP contribution < -0.4 is 15.6 Å². The van der Waals surface area contributed by atoms with Crippen LogP contribution in [0.15, 0.2) is 27.8 Å². The van der Waals surface area contributed by atoms with Crippen LogP contribution >= 0.6 is 0 Å². The van der Waals surface area contributed by atoms with Gasteiger partial charge in [-0.05, 0) is 12.1 Å². The number of nitrogens with one attached hydrogen (secondary N) is 1. The monoisotopic (exact) mass is 263 g/mol. The number of carboxylic acids is 1. The number of hydrogen-bond acceptors (Lipinski definition) is 5. The first-order valence-corrected chi connectivity index (χ1v) is 5.16. The normalized spacial score (nSPS) is 10.4. The molecule has 1 aromatic carbocycles. The number of rotatable bonds is 2. The lowest BCUT2D eigenvalue weighted by Crippen LogP contribution is -2.09. The Hall–Kier alpha value is -2.83. The first kappa shape index (κ1) is 12.6. The minimum absolute atomic E-state index is 0.0825. The molecule has 0 fully saturated rings. The lowest BCUT2D eigenvalue weighted by Gasteiger charge is -2.03. The third-order valence-electron chi connectivity index (χ3n) is 2.57. The molecule has 0 aliphatic rings. The topological polar surface area (TPSA) is 117 Å². The first-order chi connectivity index (χ1) is 8.95. The van der Waals surface area contributed by atoms with Crippen LogP contribution in [-0.2, 0) is 0 Å². The van der Waals surface area contributed by atoms with Crippen LogP contribution in [0.5, 0.6) is 11.5 Å². The summed E-state index contributed by atoms with van der Waals surface area (Å²) in [5, 5.41) is 18.4. The maximum atomic E-state index is 11.9. The molecule has 7 nitrogen and oxygen atoms in total. The molecule has 0 aliphatic carbocycles. The van der Waals surface area contributed by atoms with Crippen molar-refractivity contribution in [2.45, 2.75) is 0 Å². The number of carboxylic acid groups (broad SMARTS) is 1. The molecule has 98 valence electrons. The van der Waals surface area contributed by atoms with Gasteiger partial charge >= 0.3 is 5.97 Å². The molecule has 2 aromatic rings. The van der Waals surface area contributed by atoms with Crippen molar-refractivity contribution in [1.82, 2.24) is 4.98 Å². The van der Waals surface area contributed by atoms with E-state index in [9.17, 15) is 19.5 Å². The van der Waals surface area contributed by atoms with Gasteiger partial charge in [0.05, 0.1) is 18.0 Å². The summed E-state index contributed by atoms with van der Waals surface area (Å²) in [7, 11) is 1.19. The van der Waals surface area contributed by atoms with Crippen LogP contribution in [-0.4, -0.2) is 28.3 Å². The number of fused-ring (bicyclic) bond motifs is 1. The summed E-state index contributed by atoms with van der Waals surface area (Å²) < 4.78 is 4.86. The fourth-order valence-corrected chi connectivity index (χ4v) is 1.72. The molecule has 0 atom stereocenters. The number of ether oxygens (including phenoxy) is 1. The third kappa shape index (κ3) is 2.01. The Labute approximate surface area is 105 Å². The van der Waals surface area contributed by atoms with E-state index in [0.717, 1.165) is 12.1 Å². The van der Waals surface area contributed by atoms with Gasteiger partial charge < -0.3 is 19.9 Å². The zero-order valence-electron chi connectivity index (χ0n) is 9.76. The van der Waals surface area contributed by atoms with Crippen LogP contribution in [0, 0.1) is 0 Å². The van der Waals surface area contributed by atoms with E-state index in [1.165, 1.54) is 13.2 Å². The Morgan fingerprint density at radius 3 is 2.53 bits per heavy atom. The van der Waals surface area contributed by atoms with E-state index in [-0.39, 0.29) is 22.3 Å². The number of carbonyl (C=O) groups is 1. The fraction of sp³-hybridized carbons (Fsp3) is 0.0833. The van der Waals surface area contributed by atoms with E-state index < -0.39 is 22.6 Å². The summed E-state index contributed by atoms with van der Waals surface area (Å²) in [6, 6.07) is 3.09. The second kappa shape index (κ2) is 4.45. The molecule has 0 unspecified atom stereocenters. The van der Waals surface area contributed by atoms with Crippen LogP contribution in [0.2, 0.25) is 0 Å². The quantitative estimate of drug-likeness (QED) is 0.717. The predicted octanol–water partition coefficient (Wildman–Crippen LogP) is 0.301. The van der Waals surface area contributed by atoms with Crippen LogP contribution in [0.1, 0.15) is 10.5 Å². The SMILES string of the molecule is COc1c(O)c(=O)ccc2[nH]c(C(=O)O)cc(=O)c12. The zero-order valence-corrected chi connectivity index (χ0v) is 9.76. The molecule has 7 heteroatoms. The number of hydrogen-bond donors (Lipinski definition) is 3. The Bertz CT molecular complexity index is 792. The molecular formula is C12H9NO6. The lowest BCUT2D eigenvalue weighted by molar-refractivity contribution is 0.0691. The van der Waals surface area contributed by atoms with Gasteiger partial charge in [-0.2, -0.15) is 0 Å². The minimum atomic E-state index is -1.31. The standard InChI is InChI=1S/C12H9NO6/c1-19-11-9-5(2-3-7(14)10(11)16)13-6(12(17)18)4-8(9)15/h2-4H,1H3,(H,13,15)(H,14,16)(H,17,18). The number of aromatic nitrogens is 1. The Morgan fingerprint density at radius 1 is 1.26 bits per heavy atom. The van der Waals surface area contributed by atoms with Crippen molar-refractivity contribution in [3.63, 3.8) is 0 Å². The molecule has 0 spiro atoms. The number of pyridine rings is 1. The number of aromatic carboxylic acids is 1. The molecule has 0 radical (unpaired) electrons. The molecule has 1 heterocycles. The summed E-state index contributed by atoms with van der Waals surface area (Å²) in [5.41, 5.74) is -1.65. The average molecular weight is 263 g/mol.